The molecule has 0 bridgehead atoms. The van der Waals surface area contributed by atoms with Gasteiger partial charge in [-0.15, -0.1) is 0 Å². The van der Waals surface area contributed by atoms with Crippen LogP contribution < -0.4 is 0 Å². The lowest BCUT2D eigenvalue weighted by Crippen LogP contribution is -1.96. The van der Waals surface area contributed by atoms with Crippen LogP contribution in [0.15, 0.2) is 51.3 Å². The quantitative estimate of drug-likeness (QED) is 0.813. The molecule has 0 amide bonds. The van der Waals surface area contributed by atoms with Crippen molar-refractivity contribution in [3.8, 4) is 0 Å². The number of nitrogens with zero attached hydrogens (tertiary/aromatic N) is 1. The molecular formula is C14H13NO3S2. The molecule has 0 unspecified atom stereocenters. The molecule has 1 aromatic carbocycles. The third-order valence-electron chi connectivity index (χ3n) is 2.65. The van der Waals surface area contributed by atoms with Crippen molar-refractivity contribution in [3.63, 3.8) is 0 Å². The molecule has 4 nitrogen and oxygen atoms in total. The number of sulfone groups is 1. The molecule has 20 heavy (non-hydrogen) atoms. The topological polar surface area (TPSA) is 64.1 Å². The number of aromatic nitrogens is 1. The Labute approximate surface area is 122 Å². The molecule has 1 heterocycles. The molecule has 0 aliphatic rings. The molecule has 0 aliphatic carbocycles. The Morgan fingerprint density at radius 3 is 2.35 bits per heavy atom. The Bertz CT molecular complexity index is 738. The molecule has 0 N–H and O–H groups in total. The summed E-state index contributed by atoms with van der Waals surface area (Å²) >= 11 is 1.43. The van der Waals surface area contributed by atoms with Crippen LogP contribution in [0.25, 0.3) is 0 Å². The third-order valence-corrected chi connectivity index (χ3v) is 4.91. The van der Waals surface area contributed by atoms with Gasteiger partial charge in [-0.05, 0) is 42.8 Å². The van der Waals surface area contributed by atoms with Crippen LogP contribution in [0.1, 0.15) is 15.9 Å². The highest BCUT2D eigenvalue weighted by Gasteiger charge is 2.08. The molecule has 2 rings (SSSR count). The van der Waals surface area contributed by atoms with Crippen molar-refractivity contribution < 1.29 is 13.2 Å². The molecule has 0 aliphatic heterocycles. The Morgan fingerprint density at radius 2 is 1.85 bits per heavy atom. The van der Waals surface area contributed by atoms with Crippen LogP contribution >= 0.6 is 11.8 Å². The van der Waals surface area contributed by atoms with Gasteiger partial charge in [0.15, 0.2) is 16.1 Å². The Hall–Kier alpha value is -1.66. The van der Waals surface area contributed by atoms with Gasteiger partial charge in [0.1, 0.15) is 5.03 Å². The second kappa shape index (κ2) is 5.76. The molecule has 104 valence electrons. The zero-order chi connectivity index (χ0) is 14.8. The van der Waals surface area contributed by atoms with Gasteiger partial charge in [0.05, 0.1) is 4.90 Å². The first kappa shape index (κ1) is 14.7. The number of carbonyl (C=O) groups is 1. The number of rotatable bonds is 4. The molecule has 6 heteroatoms. The minimum atomic E-state index is -3.17. The van der Waals surface area contributed by atoms with Crippen LogP contribution in [0.2, 0.25) is 0 Å². The maximum Gasteiger partial charge on any atom is 0.175 e. The van der Waals surface area contributed by atoms with Crippen molar-refractivity contribution >= 4 is 27.9 Å². The highest BCUT2D eigenvalue weighted by molar-refractivity contribution is 7.99. The van der Waals surface area contributed by atoms with Crippen LogP contribution in [0.3, 0.4) is 0 Å². The monoisotopic (exact) mass is 307 g/mol. The zero-order valence-electron chi connectivity index (χ0n) is 11.0. The second-order valence-electron chi connectivity index (χ2n) is 4.35. The maximum atomic E-state index is 11.4. The molecule has 0 saturated heterocycles. The van der Waals surface area contributed by atoms with E-state index in [0.29, 0.717) is 10.5 Å². The van der Waals surface area contributed by atoms with E-state index in [-0.39, 0.29) is 0 Å². The molecule has 0 saturated carbocycles. The van der Waals surface area contributed by atoms with Gasteiger partial charge in [0.25, 0.3) is 0 Å². The van der Waals surface area contributed by atoms with Gasteiger partial charge in [-0.3, -0.25) is 4.79 Å². The van der Waals surface area contributed by atoms with E-state index < -0.39 is 9.84 Å². The molecule has 2 aromatic rings. The SMILES string of the molecule is Cc1cc(C=O)cnc1Sc1ccc(S(C)(=O)=O)cc1. The first-order chi connectivity index (χ1) is 9.40. The fourth-order valence-electron chi connectivity index (χ4n) is 1.62. The lowest BCUT2D eigenvalue weighted by Gasteiger charge is -2.05. The Balaban J connectivity index is 2.24. The van der Waals surface area contributed by atoms with E-state index in [1.807, 2.05) is 6.92 Å². The summed E-state index contributed by atoms with van der Waals surface area (Å²) in [5.74, 6) is 0. The summed E-state index contributed by atoms with van der Waals surface area (Å²) in [5, 5.41) is 0.794. The molecule has 0 radical (unpaired) electrons. The average Bonchev–Trinajstić information content (AvgIpc) is 2.40. The largest absolute Gasteiger partial charge is 0.298 e. The van der Waals surface area contributed by atoms with E-state index in [0.717, 1.165) is 21.8 Å². The fourth-order valence-corrected chi connectivity index (χ4v) is 3.07. The maximum absolute atomic E-state index is 11.4. The highest BCUT2D eigenvalue weighted by Crippen LogP contribution is 2.29. The lowest BCUT2D eigenvalue weighted by molar-refractivity contribution is 0.112. The van der Waals surface area contributed by atoms with Crippen molar-refractivity contribution in [1.82, 2.24) is 4.98 Å². The van der Waals surface area contributed by atoms with E-state index in [1.54, 1.807) is 30.3 Å². The number of aldehydes is 1. The van der Waals surface area contributed by atoms with Crippen LogP contribution in [-0.4, -0.2) is 25.9 Å². The van der Waals surface area contributed by atoms with E-state index in [9.17, 15) is 13.2 Å². The van der Waals surface area contributed by atoms with Gasteiger partial charge in [-0.1, -0.05) is 11.8 Å². The van der Waals surface area contributed by atoms with Crippen molar-refractivity contribution in [2.24, 2.45) is 0 Å². The molecule has 0 fully saturated rings. The van der Waals surface area contributed by atoms with E-state index in [1.165, 1.54) is 24.2 Å². The summed E-state index contributed by atoms with van der Waals surface area (Å²) in [6.07, 6.45) is 3.46. The normalized spacial score (nSPS) is 11.3. The zero-order valence-corrected chi connectivity index (χ0v) is 12.7. The first-order valence-corrected chi connectivity index (χ1v) is 8.51. The van der Waals surface area contributed by atoms with Crippen molar-refractivity contribution in [2.45, 2.75) is 21.7 Å². The van der Waals surface area contributed by atoms with Crippen molar-refractivity contribution in [2.75, 3.05) is 6.26 Å². The van der Waals surface area contributed by atoms with Gasteiger partial charge in [0, 0.05) is 22.9 Å². The van der Waals surface area contributed by atoms with E-state index in [4.69, 9.17) is 0 Å². The summed E-state index contributed by atoms with van der Waals surface area (Å²) in [4.78, 5) is 16.1. The molecule has 1 aromatic heterocycles. The number of carbonyl (C=O) groups excluding carboxylic acids is 1. The first-order valence-electron chi connectivity index (χ1n) is 5.80. The predicted octanol–water partition coefficient (Wildman–Crippen LogP) is 2.76. The molecule has 0 spiro atoms. The summed E-state index contributed by atoms with van der Waals surface area (Å²) in [6, 6.07) is 8.42. The average molecular weight is 307 g/mol. The number of aryl methyl sites for hydroxylation is 1. The Morgan fingerprint density at radius 1 is 1.20 bits per heavy atom. The number of hydrogen-bond donors (Lipinski definition) is 0. The smallest absolute Gasteiger partial charge is 0.175 e. The fraction of sp³-hybridized carbons (Fsp3) is 0.143. The van der Waals surface area contributed by atoms with Gasteiger partial charge in [-0.2, -0.15) is 0 Å². The summed E-state index contributed by atoms with van der Waals surface area (Å²) < 4.78 is 22.7. The minimum Gasteiger partial charge on any atom is -0.298 e. The number of pyridine rings is 1. The summed E-state index contributed by atoms with van der Waals surface area (Å²) in [7, 11) is -3.17. The van der Waals surface area contributed by atoms with Gasteiger partial charge in [0.2, 0.25) is 0 Å². The minimum absolute atomic E-state index is 0.294. The summed E-state index contributed by atoms with van der Waals surface area (Å²) in [6.45, 7) is 1.88. The third kappa shape index (κ3) is 3.46. The van der Waals surface area contributed by atoms with Gasteiger partial charge < -0.3 is 0 Å². The standard InChI is InChI=1S/C14H13NO3S2/c1-10-7-11(9-16)8-15-14(10)19-12-3-5-13(6-4-12)20(2,17)18/h3-9H,1-2H3. The van der Waals surface area contributed by atoms with Crippen LogP contribution in [0, 0.1) is 6.92 Å². The van der Waals surface area contributed by atoms with Crippen molar-refractivity contribution in [1.29, 1.82) is 0 Å². The number of benzene rings is 1. The van der Waals surface area contributed by atoms with Gasteiger partial charge in [-0.25, -0.2) is 13.4 Å². The molecule has 0 atom stereocenters. The second-order valence-corrected chi connectivity index (χ2v) is 7.43. The Kier molecular flexibility index (Phi) is 4.25. The van der Waals surface area contributed by atoms with Crippen LogP contribution in [0.4, 0.5) is 0 Å². The van der Waals surface area contributed by atoms with E-state index >= 15 is 0 Å². The highest BCUT2D eigenvalue weighted by atomic mass is 32.2. The molecular weight excluding hydrogens is 294 g/mol. The lowest BCUT2D eigenvalue weighted by atomic mass is 10.2. The van der Waals surface area contributed by atoms with Crippen LogP contribution in [-0.2, 0) is 9.84 Å². The number of hydrogen-bond acceptors (Lipinski definition) is 5. The summed E-state index contributed by atoms with van der Waals surface area (Å²) in [5.41, 5.74) is 1.45. The predicted molar refractivity (Wildman–Crippen MR) is 78.0 cm³/mol. The van der Waals surface area contributed by atoms with Crippen LogP contribution in [0.5, 0.6) is 0 Å². The van der Waals surface area contributed by atoms with Crippen molar-refractivity contribution in [3.05, 3.63) is 47.7 Å². The van der Waals surface area contributed by atoms with E-state index in [2.05, 4.69) is 4.98 Å². The van der Waals surface area contributed by atoms with Gasteiger partial charge >= 0.3 is 0 Å².